The van der Waals surface area contributed by atoms with Crippen molar-refractivity contribution in [3.8, 4) is 11.1 Å². The lowest BCUT2D eigenvalue weighted by atomic mass is 9.97. The highest BCUT2D eigenvalue weighted by Crippen LogP contribution is 2.34. The summed E-state index contributed by atoms with van der Waals surface area (Å²) in [7, 11) is 0. The van der Waals surface area contributed by atoms with Crippen LogP contribution in [0, 0.1) is 5.82 Å². The van der Waals surface area contributed by atoms with Crippen LogP contribution in [0.15, 0.2) is 47.0 Å². The van der Waals surface area contributed by atoms with E-state index in [-0.39, 0.29) is 11.7 Å². The molecule has 142 valence electrons. The highest BCUT2D eigenvalue weighted by Gasteiger charge is 2.26. The maximum Gasteiger partial charge on any atom is 0.407 e. The van der Waals surface area contributed by atoms with E-state index in [1.807, 2.05) is 24.4 Å². The second-order valence-corrected chi connectivity index (χ2v) is 7.17. The lowest BCUT2D eigenvalue weighted by Gasteiger charge is -2.28. The minimum atomic E-state index is -0.876. The van der Waals surface area contributed by atoms with E-state index in [2.05, 4.69) is 9.97 Å². The number of rotatable bonds is 2. The van der Waals surface area contributed by atoms with Gasteiger partial charge in [-0.2, -0.15) is 0 Å². The van der Waals surface area contributed by atoms with Gasteiger partial charge in [0, 0.05) is 41.7 Å². The summed E-state index contributed by atoms with van der Waals surface area (Å²) in [5.74, 6) is 0.519. The topological polar surface area (TPSA) is 82.4 Å². The van der Waals surface area contributed by atoms with Crippen molar-refractivity contribution in [2.45, 2.75) is 18.8 Å². The van der Waals surface area contributed by atoms with Crippen LogP contribution in [0.3, 0.4) is 0 Å². The largest absolute Gasteiger partial charge is 0.465 e. The van der Waals surface area contributed by atoms with Crippen LogP contribution in [0.25, 0.3) is 33.1 Å². The highest BCUT2D eigenvalue weighted by molar-refractivity contribution is 5.97. The van der Waals surface area contributed by atoms with Crippen LogP contribution in [0.4, 0.5) is 9.18 Å². The van der Waals surface area contributed by atoms with E-state index >= 15 is 0 Å². The number of piperidine rings is 1. The number of fused-ring (bicyclic) bond motifs is 2. The molecule has 0 spiro atoms. The predicted octanol–water partition coefficient (Wildman–Crippen LogP) is 4.97. The van der Waals surface area contributed by atoms with E-state index in [9.17, 15) is 9.18 Å². The van der Waals surface area contributed by atoms with Crippen LogP contribution in [-0.2, 0) is 0 Å². The molecule has 0 saturated carbocycles. The maximum atomic E-state index is 13.4. The fourth-order valence-electron chi connectivity index (χ4n) is 3.94. The standard InChI is InChI=1S/C21H18FN3O3/c22-14-2-3-15-16(11-23-18(15)10-14)13-1-4-17-19(9-13)28-20(24-17)12-5-7-25(8-6-12)21(26)27/h1-4,9-12,23H,5-8H2,(H,26,27). The van der Waals surface area contributed by atoms with Gasteiger partial charge >= 0.3 is 6.09 Å². The summed E-state index contributed by atoms with van der Waals surface area (Å²) >= 11 is 0. The van der Waals surface area contributed by atoms with E-state index in [0.717, 1.165) is 27.5 Å². The molecule has 2 aromatic carbocycles. The molecule has 2 N–H and O–H groups in total. The number of benzene rings is 2. The quantitative estimate of drug-likeness (QED) is 0.515. The number of likely N-dealkylation sites (tertiary alicyclic amines) is 1. The highest BCUT2D eigenvalue weighted by atomic mass is 19.1. The Hall–Kier alpha value is -3.35. The predicted molar refractivity (Wildman–Crippen MR) is 103 cm³/mol. The molecule has 7 heteroatoms. The van der Waals surface area contributed by atoms with Crippen molar-refractivity contribution in [1.29, 1.82) is 0 Å². The summed E-state index contributed by atoms with van der Waals surface area (Å²) in [4.78, 5) is 20.2. The first-order chi connectivity index (χ1) is 13.6. The Morgan fingerprint density at radius 1 is 1.21 bits per heavy atom. The number of H-pyrrole nitrogens is 1. The number of carbonyl (C=O) groups is 1. The zero-order valence-electron chi connectivity index (χ0n) is 15.0. The molecular weight excluding hydrogens is 361 g/mol. The Kier molecular flexibility index (Phi) is 3.82. The fourth-order valence-corrected chi connectivity index (χ4v) is 3.94. The van der Waals surface area contributed by atoms with Gasteiger partial charge in [-0.3, -0.25) is 0 Å². The molecule has 0 aliphatic carbocycles. The molecule has 0 bridgehead atoms. The third-order valence-corrected chi connectivity index (χ3v) is 5.47. The Morgan fingerprint density at radius 2 is 2.04 bits per heavy atom. The van der Waals surface area contributed by atoms with Crippen molar-refractivity contribution in [2.24, 2.45) is 0 Å². The molecular formula is C21H18FN3O3. The minimum Gasteiger partial charge on any atom is -0.465 e. The average molecular weight is 379 g/mol. The van der Waals surface area contributed by atoms with Crippen molar-refractivity contribution in [2.75, 3.05) is 13.1 Å². The van der Waals surface area contributed by atoms with Gasteiger partial charge < -0.3 is 19.4 Å². The Labute approximate surface area is 159 Å². The van der Waals surface area contributed by atoms with Gasteiger partial charge in [-0.05, 0) is 48.7 Å². The number of aromatic nitrogens is 2. The van der Waals surface area contributed by atoms with Crippen LogP contribution in [0.5, 0.6) is 0 Å². The van der Waals surface area contributed by atoms with Gasteiger partial charge in [0.25, 0.3) is 0 Å². The molecule has 1 amide bonds. The van der Waals surface area contributed by atoms with Gasteiger partial charge in [0.05, 0.1) is 0 Å². The van der Waals surface area contributed by atoms with Crippen molar-refractivity contribution < 1.29 is 18.7 Å². The number of halogens is 1. The number of amides is 1. The second-order valence-electron chi connectivity index (χ2n) is 7.17. The van der Waals surface area contributed by atoms with E-state index < -0.39 is 6.09 Å². The van der Waals surface area contributed by atoms with Crippen LogP contribution in [-0.4, -0.2) is 39.2 Å². The van der Waals surface area contributed by atoms with Gasteiger partial charge in [0.1, 0.15) is 11.3 Å². The summed E-state index contributed by atoms with van der Waals surface area (Å²) in [5, 5.41) is 10.0. The zero-order chi connectivity index (χ0) is 19.3. The number of nitrogens with zero attached hydrogens (tertiary/aromatic N) is 2. The average Bonchev–Trinajstić information content (AvgIpc) is 3.31. The molecule has 2 aromatic heterocycles. The normalized spacial score (nSPS) is 15.5. The van der Waals surface area contributed by atoms with Gasteiger partial charge in [-0.15, -0.1) is 0 Å². The van der Waals surface area contributed by atoms with E-state index in [0.29, 0.717) is 37.4 Å². The summed E-state index contributed by atoms with van der Waals surface area (Å²) < 4.78 is 19.5. The molecule has 4 aromatic rings. The van der Waals surface area contributed by atoms with E-state index in [1.165, 1.54) is 17.0 Å². The van der Waals surface area contributed by atoms with Crippen molar-refractivity contribution in [3.05, 3.63) is 54.3 Å². The van der Waals surface area contributed by atoms with Crippen LogP contribution < -0.4 is 0 Å². The molecule has 5 rings (SSSR count). The molecule has 1 aliphatic heterocycles. The molecule has 0 atom stereocenters. The molecule has 6 nitrogen and oxygen atoms in total. The fraction of sp³-hybridized carbons (Fsp3) is 0.238. The number of hydrogen-bond acceptors (Lipinski definition) is 3. The Morgan fingerprint density at radius 3 is 2.82 bits per heavy atom. The summed E-state index contributed by atoms with van der Waals surface area (Å²) in [6.45, 7) is 0.992. The number of carboxylic acid groups (broad SMARTS) is 1. The number of hydrogen-bond donors (Lipinski definition) is 2. The third kappa shape index (κ3) is 2.79. The van der Waals surface area contributed by atoms with E-state index in [1.54, 1.807) is 6.07 Å². The number of aromatic amines is 1. The second kappa shape index (κ2) is 6.37. The molecule has 0 radical (unpaired) electrons. The minimum absolute atomic E-state index is 0.127. The maximum absolute atomic E-state index is 13.4. The SMILES string of the molecule is O=C(O)N1CCC(c2nc3ccc(-c4c[nH]c5cc(F)ccc45)cc3o2)CC1. The first kappa shape index (κ1) is 16.8. The summed E-state index contributed by atoms with van der Waals surface area (Å²) in [6.07, 6.45) is 2.41. The molecule has 3 heterocycles. The smallest absolute Gasteiger partial charge is 0.407 e. The summed E-state index contributed by atoms with van der Waals surface area (Å²) in [5.41, 5.74) is 4.17. The van der Waals surface area contributed by atoms with Gasteiger partial charge in [0.2, 0.25) is 0 Å². The lowest BCUT2D eigenvalue weighted by molar-refractivity contribution is 0.129. The Bertz CT molecular complexity index is 1190. The third-order valence-electron chi connectivity index (χ3n) is 5.47. The molecule has 1 fully saturated rings. The lowest BCUT2D eigenvalue weighted by Crippen LogP contribution is -2.36. The van der Waals surface area contributed by atoms with E-state index in [4.69, 9.17) is 9.52 Å². The van der Waals surface area contributed by atoms with Crippen LogP contribution in [0.2, 0.25) is 0 Å². The Balaban J connectivity index is 1.46. The molecule has 0 unspecified atom stereocenters. The van der Waals surface area contributed by atoms with Crippen molar-refractivity contribution in [3.63, 3.8) is 0 Å². The van der Waals surface area contributed by atoms with Gasteiger partial charge in [-0.25, -0.2) is 14.2 Å². The molecule has 28 heavy (non-hydrogen) atoms. The zero-order valence-corrected chi connectivity index (χ0v) is 15.0. The van der Waals surface area contributed by atoms with Gasteiger partial charge in [-0.1, -0.05) is 6.07 Å². The number of oxazole rings is 1. The molecule has 1 aliphatic rings. The van der Waals surface area contributed by atoms with Crippen molar-refractivity contribution >= 4 is 28.1 Å². The van der Waals surface area contributed by atoms with Gasteiger partial charge in [0.15, 0.2) is 11.5 Å². The first-order valence-electron chi connectivity index (χ1n) is 9.24. The molecule has 1 saturated heterocycles. The number of nitrogens with one attached hydrogen (secondary N) is 1. The van der Waals surface area contributed by atoms with Crippen LogP contribution in [0.1, 0.15) is 24.7 Å². The monoisotopic (exact) mass is 379 g/mol. The van der Waals surface area contributed by atoms with Crippen LogP contribution >= 0.6 is 0 Å². The summed E-state index contributed by atoms with van der Waals surface area (Å²) in [6, 6.07) is 10.6. The first-order valence-corrected chi connectivity index (χ1v) is 9.24. The van der Waals surface area contributed by atoms with Crippen molar-refractivity contribution in [1.82, 2.24) is 14.9 Å².